The lowest BCUT2D eigenvalue weighted by Gasteiger charge is -2.27. The van der Waals surface area contributed by atoms with Gasteiger partial charge in [-0.3, -0.25) is 14.4 Å². The van der Waals surface area contributed by atoms with E-state index in [1.807, 2.05) is 6.92 Å². The third-order valence-electron chi connectivity index (χ3n) is 3.09. The zero-order valence-corrected chi connectivity index (χ0v) is 9.41. The summed E-state index contributed by atoms with van der Waals surface area (Å²) in [7, 11) is 0. The number of Topliss-reactive ketones (excluding diaryl/α,β-unsaturated/α-hetero) is 3. The van der Waals surface area contributed by atoms with Crippen LogP contribution in [0.5, 0.6) is 0 Å². The molecule has 0 saturated heterocycles. The van der Waals surface area contributed by atoms with Gasteiger partial charge in [-0.25, -0.2) is 0 Å². The molecule has 0 aliphatic heterocycles. The van der Waals surface area contributed by atoms with Gasteiger partial charge < -0.3 is 0 Å². The number of unbranched alkanes of at least 4 members (excludes halogenated alkanes) is 1. The monoisotopic (exact) mass is 210 g/mol. The van der Waals surface area contributed by atoms with Crippen molar-refractivity contribution in [2.75, 3.05) is 0 Å². The first-order valence-corrected chi connectivity index (χ1v) is 5.63. The minimum absolute atomic E-state index is 0.0387. The van der Waals surface area contributed by atoms with Crippen LogP contribution in [0.4, 0.5) is 0 Å². The van der Waals surface area contributed by atoms with Crippen molar-refractivity contribution in [3.63, 3.8) is 0 Å². The van der Waals surface area contributed by atoms with Gasteiger partial charge in [-0.15, -0.1) is 0 Å². The summed E-state index contributed by atoms with van der Waals surface area (Å²) in [6.07, 6.45) is 3.17. The highest BCUT2D eigenvalue weighted by Gasteiger charge is 2.39. The Labute approximate surface area is 90.2 Å². The summed E-state index contributed by atoms with van der Waals surface area (Å²) in [5, 5.41) is 0. The normalized spacial score (nSPS) is 26.8. The molecule has 0 heterocycles. The topological polar surface area (TPSA) is 51.2 Å². The van der Waals surface area contributed by atoms with Crippen LogP contribution in [0.3, 0.4) is 0 Å². The first-order valence-electron chi connectivity index (χ1n) is 5.63. The SMILES string of the molecule is CCCCC1C(=O)CCC(=O)C1C(C)=O. The highest BCUT2D eigenvalue weighted by atomic mass is 16.2. The van der Waals surface area contributed by atoms with Gasteiger partial charge in [0.15, 0.2) is 0 Å². The Morgan fingerprint density at radius 3 is 2.40 bits per heavy atom. The van der Waals surface area contributed by atoms with Crippen LogP contribution in [0.25, 0.3) is 0 Å². The van der Waals surface area contributed by atoms with E-state index in [9.17, 15) is 14.4 Å². The number of carbonyl (C=O) groups is 3. The molecule has 0 spiro atoms. The largest absolute Gasteiger partial charge is 0.299 e. The van der Waals surface area contributed by atoms with Crippen LogP contribution in [0.15, 0.2) is 0 Å². The van der Waals surface area contributed by atoms with Gasteiger partial charge in [0.1, 0.15) is 17.3 Å². The van der Waals surface area contributed by atoms with Crippen molar-refractivity contribution in [3.05, 3.63) is 0 Å². The summed E-state index contributed by atoms with van der Waals surface area (Å²) in [5.41, 5.74) is 0. The lowest BCUT2D eigenvalue weighted by Crippen LogP contribution is -2.39. The molecule has 0 aromatic heterocycles. The highest BCUT2D eigenvalue weighted by molar-refractivity contribution is 6.08. The Balaban J connectivity index is 2.78. The lowest BCUT2D eigenvalue weighted by atomic mass is 9.73. The van der Waals surface area contributed by atoms with Gasteiger partial charge in [0.25, 0.3) is 0 Å². The Kier molecular flexibility index (Phi) is 4.18. The van der Waals surface area contributed by atoms with Crippen LogP contribution >= 0.6 is 0 Å². The maximum atomic E-state index is 11.7. The Morgan fingerprint density at radius 2 is 1.87 bits per heavy atom. The molecule has 0 aromatic carbocycles. The molecule has 1 saturated carbocycles. The molecule has 0 amide bonds. The summed E-state index contributed by atoms with van der Waals surface area (Å²) in [5.74, 6) is -1.05. The van der Waals surface area contributed by atoms with Crippen molar-refractivity contribution < 1.29 is 14.4 Å². The van der Waals surface area contributed by atoms with Crippen LogP contribution < -0.4 is 0 Å². The minimum Gasteiger partial charge on any atom is -0.299 e. The summed E-state index contributed by atoms with van der Waals surface area (Å²) < 4.78 is 0. The highest BCUT2D eigenvalue weighted by Crippen LogP contribution is 2.29. The molecule has 1 aliphatic carbocycles. The molecule has 2 unspecified atom stereocenters. The average Bonchev–Trinajstić information content (AvgIpc) is 2.18. The van der Waals surface area contributed by atoms with Crippen molar-refractivity contribution >= 4 is 17.3 Å². The second-order valence-corrected chi connectivity index (χ2v) is 4.27. The van der Waals surface area contributed by atoms with Crippen LogP contribution in [-0.2, 0) is 14.4 Å². The van der Waals surface area contributed by atoms with Crippen molar-refractivity contribution in [2.45, 2.75) is 46.0 Å². The van der Waals surface area contributed by atoms with Crippen LogP contribution in [-0.4, -0.2) is 17.3 Å². The maximum Gasteiger partial charge on any atom is 0.144 e. The molecule has 0 aromatic rings. The molecular formula is C12H18O3. The molecule has 1 rings (SSSR count). The van der Waals surface area contributed by atoms with E-state index >= 15 is 0 Å². The third-order valence-corrected chi connectivity index (χ3v) is 3.09. The fourth-order valence-electron chi connectivity index (χ4n) is 2.26. The maximum absolute atomic E-state index is 11.7. The zero-order valence-electron chi connectivity index (χ0n) is 9.41. The van der Waals surface area contributed by atoms with Gasteiger partial charge in [0, 0.05) is 18.8 Å². The molecule has 1 aliphatic rings. The van der Waals surface area contributed by atoms with Gasteiger partial charge in [-0.2, -0.15) is 0 Å². The van der Waals surface area contributed by atoms with Crippen LogP contribution in [0.1, 0.15) is 46.0 Å². The zero-order chi connectivity index (χ0) is 11.4. The molecular weight excluding hydrogens is 192 g/mol. The first kappa shape index (κ1) is 12.1. The van der Waals surface area contributed by atoms with Crippen LogP contribution in [0, 0.1) is 11.8 Å². The standard InChI is InChI=1S/C12H18O3/c1-3-4-5-9-10(14)6-7-11(15)12(9)8(2)13/h9,12H,3-7H2,1-2H3. The number of hydrogen-bond donors (Lipinski definition) is 0. The van der Waals surface area contributed by atoms with Gasteiger partial charge >= 0.3 is 0 Å². The smallest absolute Gasteiger partial charge is 0.144 e. The summed E-state index contributed by atoms with van der Waals surface area (Å²) in [4.78, 5) is 34.6. The second-order valence-electron chi connectivity index (χ2n) is 4.27. The number of hydrogen-bond acceptors (Lipinski definition) is 3. The van der Waals surface area contributed by atoms with E-state index < -0.39 is 5.92 Å². The predicted molar refractivity (Wildman–Crippen MR) is 56.4 cm³/mol. The van der Waals surface area contributed by atoms with E-state index in [1.165, 1.54) is 6.92 Å². The summed E-state index contributed by atoms with van der Waals surface area (Å²) >= 11 is 0. The van der Waals surface area contributed by atoms with E-state index in [0.717, 1.165) is 12.8 Å². The molecule has 1 fully saturated rings. The van der Waals surface area contributed by atoms with Gasteiger partial charge in [0.05, 0.1) is 5.92 Å². The van der Waals surface area contributed by atoms with E-state index in [0.29, 0.717) is 12.8 Å². The quantitative estimate of drug-likeness (QED) is 0.666. The van der Waals surface area contributed by atoms with E-state index in [4.69, 9.17) is 0 Å². The minimum atomic E-state index is -0.641. The second kappa shape index (κ2) is 5.19. The Bertz CT molecular complexity index is 281. The Hall–Kier alpha value is -0.990. The molecule has 0 bridgehead atoms. The van der Waals surface area contributed by atoms with Crippen LogP contribution in [0.2, 0.25) is 0 Å². The first-order chi connectivity index (χ1) is 7.07. The molecule has 3 heteroatoms. The molecule has 3 nitrogen and oxygen atoms in total. The Morgan fingerprint density at radius 1 is 1.27 bits per heavy atom. The number of ketones is 3. The third kappa shape index (κ3) is 2.74. The average molecular weight is 210 g/mol. The van der Waals surface area contributed by atoms with Gasteiger partial charge in [-0.1, -0.05) is 19.8 Å². The van der Waals surface area contributed by atoms with E-state index in [2.05, 4.69) is 0 Å². The van der Waals surface area contributed by atoms with Crippen molar-refractivity contribution in [3.8, 4) is 0 Å². The van der Waals surface area contributed by atoms with Gasteiger partial charge in [0.2, 0.25) is 0 Å². The molecule has 0 N–H and O–H groups in total. The molecule has 15 heavy (non-hydrogen) atoms. The fraction of sp³-hybridized carbons (Fsp3) is 0.750. The van der Waals surface area contributed by atoms with Gasteiger partial charge in [-0.05, 0) is 13.3 Å². The van der Waals surface area contributed by atoms with Crippen molar-refractivity contribution in [1.29, 1.82) is 0 Å². The fourth-order valence-corrected chi connectivity index (χ4v) is 2.26. The van der Waals surface area contributed by atoms with E-state index in [-0.39, 0.29) is 29.7 Å². The number of rotatable bonds is 4. The lowest BCUT2D eigenvalue weighted by molar-refractivity contribution is -0.144. The molecule has 0 radical (unpaired) electrons. The van der Waals surface area contributed by atoms with E-state index in [1.54, 1.807) is 0 Å². The van der Waals surface area contributed by atoms with Crippen molar-refractivity contribution in [2.24, 2.45) is 11.8 Å². The number of carbonyl (C=O) groups excluding carboxylic acids is 3. The molecule has 2 atom stereocenters. The van der Waals surface area contributed by atoms with Crippen molar-refractivity contribution in [1.82, 2.24) is 0 Å². The molecule has 84 valence electrons. The predicted octanol–water partition coefficient (Wildman–Crippen LogP) is 1.93. The summed E-state index contributed by atoms with van der Waals surface area (Å²) in [6.45, 7) is 3.46. The summed E-state index contributed by atoms with van der Waals surface area (Å²) in [6, 6.07) is 0.